The monoisotopic (exact) mass is 306 g/mol. The van der Waals surface area contributed by atoms with E-state index >= 15 is 0 Å². The van der Waals surface area contributed by atoms with E-state index in [4.69, 9.17) is 5.11 Å². The number of carbonyl (C=O) groups excluding carboxylic acids is 1. The van der Waals surface area contributed by atoms with Crippen molar-refractivity contribution in [1.82, 2.24) is 0 Å². The summed E-state index contributed by atoms with van der Waals surface area (Å²) in [6.07, 6.45) is 0. The predicted octanol–water partition coefficient (Wildman–Crippen LogP) is 2.40. The van der Waals surface area contributed by atoms with Gasteiger partial charge >= 0.3 is 0 Å². The van der Waals surface area contributed by atoms with E-state index in [2.05, 4.69) is 5.32 Å². The van der Waals surface area contributed by atoms with E-state index in [1.807, 2.05) is 18.2 Å². The topological polar surface area (TPSA) is 52.6 Å². The first kappa shape index (κ1) is 15.9. The van der Waals surface area contributed by atoms with Gasteiger partial charge in [0.05, 0.1) is 18.8 Å². The summed E-state index contributed by atoms with van der Waals surface area (Å²) in [5.74, 6) is -1.99. The molecule has 0 radical (unpaired) electrons. The molecule has 0 saturated heterocycles. The Hall–Kier alpha value is -2.47. The SMILES string of the molecule is O=C(CN(CCO)c1ccccc1)Nc1ccc(F)cc1F. The molecule has 2 rings (SSSR count). The lowest BCUT2D eigenvalue weighted by Gasteiger charge is -2.23. The number of halogens is 2. The highest BCUT2D eigenvalue weighted by Crippen LogP contribution is 2.16. The quantitative estimate of drug-likeness (QED) is 0.861. The van der Waals surface area contributed by atoms with Crippen molar-refractivity contribution in [2.45, 2.75) is 0 Å². The van der Waals surface area contributed by atoms with Crippen LogP contribution < -0.4 is 10.2 Å². The minimum atomic E-state index is -0.832. The number of rotatable bonds is 6. The summed E-state index contributed by atoms with van der Waals surface area (Å²) < 4.78 is 26.3. The lowest BCUT2D eigenvalue weighted by atomic mass is 10.2. The molecular formula is C16H16F2N2O2. The molecule has 2 aromatic carbocycles. The fraction of sp³-hybridized carbons (Fsp3) is 0.188. The van der Waals surface area contributed by atoms with Gasteiger partial charge in [0.2, 0.25) is 5.91 Å². The lowest BCUT2D eigenvalue weighted by molar-refractivity contribution is -0.115. The highest BCUT2D eigenvalue weighted by atomic mass is 19.1. The number of amides is 1. The Labute approximate surface area is 127 Å². The van der Waals surface area contributed by atoms with Crippen molar-refractivity contribution in [3.05, 3.63) is 60.2 Å². The van der Waals surface area contributed by atoms with Crippen LogP contribution in [0.1, 0.15) is 0 Å². The fourth-order valence-corrected chi connectivity index (χ4v) is 2.01. The Morgan fingerprint density at radius 1 is 1.14 bits per heavy atom. The van der Waals surface area contributed by atoms with E-state index in [0.29, 0.717) is 6.07 Å². The van der Waals surface area contributed by atoms with Crippen LogP contribution in [0, 0.1) is 11.6 Å². The molecule has 0 aliphatic carbocycles. The lowest BCUT2D eigenvalue weighted by Crippen LogP contribution is -2.35. The van der Waals surface area contributed by atoms with E-state index < -0.39 is 17.5 Å². The van der Waals surface area contributed by atoms with Crippen LogP contribution >= 0.6 is 0 Å². The van der Waals surface area contributed by atoms with Gasteiger partial charge in [-0.15, -0.1) is 0 Å². The van der Waals surface area contributed by atoms with Crippen molar-refractivity contribution in [3.63, 3.8) is 0 Å². The van der Waals surface area contributed by atoms with Crippen LogP contribution in [0.3, 0.4) is 0 Å². The van der Waals surface area contributed by atoms with Gasteiger partial charge in [0.1, 0.15) is 11.6 Å². The molecule has 0 aliphatic heterocycles. The molecule has 0 bridgehead atoms. The summed E-state index contributed by atoms with van der Waals surface area (Å²) in [4.78, 5) is 13.7. The van der Waals surface area contributed by atoms with Crippen molar-refractivity contribution in [2.75, 3.05) is 29.9 Å². The number of aliphatic hydroxyl groups is 1. The van der Waals surface area contributed by atoms with Crippen molar-refractivity contribution in [2.24, 2.45) is 0 Å². The maximum atomic E-state index is 13.5. The highest BCUT2D eigenvalue weighted by Gasteiger charge is 2.13. The Morgan fingerprint density at radius 2 is 1.86 bits per heavy atom. The third-order valence-corrected chi connectivity index (χ3v) is 3.03. The molecule has 2 aromatic rings. The molecule has 0 atom stereocenters. The van der Waals surface area contributed by atoms with Crippen LogP contribution in [-0.4, -0.2) is 30.7 Å². The molecule has 0 fully saturated rings. The number of nitrogens with one attached hydrogen (secondary N) is 1. The van der Waals surface area contributed by atoms with Gasteiger partial charge in [-0.3, -0.25) is 4.79 Å². The predicted molar refractivity (Wildman–Crippen MR) is 80.7 cm³/mol. The zero-order chi connectivity index (χ0) is 15.9. The third-order valence-electron chi connectivity index (χ3n) is 3.03. The Bertz CT molecular complexity index is 635. The van der Waals surface area contributed by atoms with Gasteiger partial charge in [0, 0.05) is 18.3 Å². The van der Waals surface area contributed by atoms with E-state index in [-0.39, 0.29) is 25.4 Å². The van der Waals surface area contributed by atoms with E-state index in [0.717, 1.165) is 11.8 Å². The maximum Gasteiger partial charge on any atom is 0.243 e. The maximum absolute atomic E-state index is 13.5. The number of benzene rings is 2. The summed E-state index contributed by atoms with van der Waals surface area (Å²) in [7, 11) is 0. The number of aliphatic hydroxyl groups excluding tert-OH is 1. The first-order chi connectivity index (χ1) is 10.6. The second kappa shape index (κ2) is 7.51. The minimum Gasteiger partial charge on any atom is -0.395 e. The van der Waals surface area contributed by atoms with Crippen LogP contribution in [0.5, 0.6) is 0 Å². The molecule has 1 amide bonds. The number of anilines is 2. The molecule has 0 heterocycles. The number of nitrogens with zero attached hydrogens (tertiary/aromatic N) is 1. The van der Waals surface area contributed by atoms with Gasteiger partial charge in [-0.2, -0.15) is 0 Å². The first-order valence-corrected chi connectivity index (χ1v) is 6.76. The highest BCUT2D eigenvalue weighted by molar-refractivity contribution is 5.94. The van der Waals surface area contributed by atoms with E-state index in [1.54, 1.807) is 17.0 Å². The Kier molecular flexibility index (Phi) is 5.43. The summed E-state index contributed by atoms with van der Waals surface area (Å²) in [6, 6.07) is 12.0. The zero-order valence-electron chi connectivity index (χ0n) is 11.8. The number of hydrogen-bond donors (Lipinski definition) is 2. The van der Waals surface area contributed by atoms with Gasteiger partial charge < -0.3 is 15.3 Å². The van der Waals surface area contributed by atoms with Crippen molar-refractivity contribution < 1.29 is 18.7 Å². The normalized spacial score (nSPS) is 10.3. The van der Waals surface area contributed by atoms with Gasteiger partial charge in [0.25, 0.3) is 0 Å². The summed E-state index contributed by atoms with van der Waals surface area (Å²) >= 11 is 0. The summed E-state index contributed by atoms with van der Waals surface area (Å²) in [6.45, 7) is 0.0950. The van der Waals surface area contributed by atoms with Gasteiger partial charge in [0.15, 0.2) is 0 Å². The van der Waals surface area contributed by atoms with Gasteiger partial charge in [-0.25, -0.2) is 8.78 Å². The standard InChI is InChI=1S/C16H16F2N2O2/c17-12-6-7-15(14(18)10-12)19-16(22)11-20(8-9-21)13-4-2-1-3-5-13/h1-7,10,21H,8-9,11H2,(H,19,22). The summed E-state index contributed by atoms with van der Waals surface area (Å²) in [5.41, 5.74) is 0.690. The smallest absolute Gasteiger partial charge is 0.243 e. The Balaban J connectivity index is 2.05. The van der Waals surface area contributed by atoms with Crippen LogP contribution in [0.4, 0.5) is 20.2 Å². The van der Waals surface area contributed by atoms with Crippen LogP contribution in [-0.2, 0) is 4.79 Å². The molecule has 0 aliphatic rings. The minimum absolute atomic E-state index is 0.0542. The molecular weight excluding hydrogens is 290 g/mol. The summed E-state index contributed by atoms with van der Waals surface area (Å²) in [5, 5.41) is 11.5. The fourth-order valence-electron chi connectivity index (χ4n) is 2.01. The third kappa shape index (κ3) is 4.26. The van der Waals surface area contributed by atoms with E-state index in [9.17, 15) is 13.6 Å². The average Bonchev–Trinajstić information content (AvgIpc) is 2.50. The van der Waals surface area contributed by atoms with E-state index in [1.165, 1.54) is 6.07 Å². The molecule has 0 unspecified atom stereocenters. The van der Waals surface area contributed by atoms with Gasteiger partial charge in [-0.1, -0.05) is 18.2 Å². The molecule has 0 spiro atoms. The average molecular weight is 306 g/mol. The molecule has 116 valence electrons. The second-order valence-electron chi connectivity index (χ2n) is 4.65. The molecule has 6 heteroatoms. The first-order valence-electron chi connectivity index (χ1n) is 6.76. The largest absolute Gasteiger partial charge is 0.395 e. The van der Waals surface area contributed by atoms with Crippen LogP contribution in [0.15, 0.2) is 48.5 Å². The Morgan fingerprint density at radius 3 is 2.50 bits per heavy atom. The molecule has 0 aromatic heterocycles. The number of para-hydroxylation sites is 1. The van der Waals surface area contributed by atoms with Gasteiger partial charge in [-0.05, 0) is 24.3 Å². The van der Waals surface area contributed by atoms with Crippen molar-refractivity contribution in [1.29, 1.82) is 0 Å². The zero-order valence-corrected chi connectivity index (χ0v) is 11.8. The molecule has 4 nitrogen and oxygen atoms in total. The van der Waals surface area contributed by atoms with Crippen LogP contribution in [0.25, 0.3) is 0 Å². The number of hydrogen-bond acceptors (Lipinski definition) is 3. The van der Waals surface area contributed by atoms with Crippen molar-refractivity contribution >= 4 is 17.3 Å². The molecule has 0 saturated carbocycles. The molecule has 2 N–H and O–H groups in total. The number of carbonyl (C=O) groups is 1. The second-order valence-corrected chi connectivity index (χ2v) is 4.65. The molecule has 22 heavy (non-hydrogen) atoms. The van der Waals surface area contributed by atoms with Crippen molar-refractivity contribution in [3.8, 4) is 0 Å². The van der Waals surface area contributed by atoms with Crippen LogP contribution in [0.2, 0.25) is 0 Å².